The van der Waals surface area contributed by atoms with Gasteiger partial charge in [-0.05, 0) is 7.05 Å². The van der Waals surface area contributed by atoms with Crippen molar-refractivity contribution in [2.75, 3.05) is 14.2 Å². The van der Waals surface area contributed by atoms with E-state index in [1.54, 1.807) is 7.05 Å². The number of carbonyl (C=O) groups is 2. The molecule has 0 saturated heterocycles. The van der Waals surface area contributed by atoms with E-state index in [9.17, 15) is 9.59 Å². The fourth-order valence-electron chi connectivity index (χ4n) is 0.570. The molecule has 0 bridgehead atoms. The molecule has 0 aliphatic rings. The third kappa shape index (κ3) is 5.61. The first-order valence-corrected chi connectivity index (χ1v) is 3.45. The van der Waals surface area contributed by atoms with Crippen molar-refractivity contribution in [3.05, 3.63) is 13.2 Å². The Morgan fingerprint density at radius 1 is 1.67 bits per heavy atom. The Labute approximate surface area is 72.6 Å². The van der Waals surface area contributed by atoms with E-state index < -0.39 is 12.0 Å². The van der Waals surface area contributed by atoms with Crippen LogP contribution in [0.3, 0.4) is 0 Å². The van der Waals surface area contributed by atoms with Crippen LogP contribution in [0.4, 0.5) is 0 Å². The summed E-state index contributed by atoms with van der Waals surface area (Å²) >= 11 is 0. The van der Waals surface area contributed by atoms with E-state index in [1.165, 1.54) is 7.11 Å². The highest BCUT2D eigenvalue weighted by Crippen LogP contribution is 1.89. The van der Waals surface area contributed by atoms with E-state index >= 15 is 0 Å². The highest BCUT2D eigenvalue weighted by atomic mass is 16.5. The molecule has 0 fully saturated rings. The minimum absolute atomic E-state index is 0.156. The van der Waals surface area contributed by atoms with Crippen LogP contribution in [-0.4, -0.2) is 32.5 Å². The fraction of sp³-hybridized carbons (Fsp3) is 0.500. The van der Waals surface area contributed by atoms with Crippen molar-refractivity contribution in [3.63, 3.8) is 0 Å². The molecule has 0 aromatic carbocycles. The van der Waals surface area contributed by atoms with E-state index in [2.05, 4.69) is 23.2 Å². The summed E-state index contributed by atoms with van der Waals surface area (Å²) in [5.41, 5.74) is 0. The minimum atomic E-state index is -0.498. The number of hydrogen-bond donors (Lipinski definition) is 1. The Hall–Kier alpha value is -1.16. The van der Waals surface area contributed by atoms with Gasteiger partial charge in [-0.15, -0.1) is 13.2 Å². The van der Waals surface area contributed by atoms with Crippen LogP contribution < -0.4 is 5.32 Å². The first kappa shape index (κ1) is 13.4. The number of hydrogen-bond acceptors (Lipinski definition) is 4. The lowest BCUT2D eigenvalue weighted by Gasteiger charge is -2.08. The lowest BCUT2D eigenvalue weighted by atomic mass is 10.2. The molecule has 0 aromatic heterocycles. The summed E-state index contributed by atoms with van der Waals surface area (Å²) in [5.74, 6) is -0.408. The second kappa shape index (κ2) is 9.84. The van der Waals surface area contributed by atoms with E-state index in [0.29, 0.717) is 6.29 Å². The molecule has 0 unspecified atom stereocenters. The average Bonchev–Trinajstić information content (AvgIpc) is 2.16. The Bertz CT molecular complexity index is 136. The summed E-state index contributed by atoms with van der Waals surface area (Å²) in [7, 11) is 2.89. The van der Waals surface area contributed by atoms with Crippen LogP contribution in [-0.2, 0) is 14.3 Å². The van der Waals surface area contributed by atoms with E-state index in [0.717, 1.165) is 0 Å². The molecule has 70 valence electrons. The molecule has 0 spiro atoms. The Morgan fingerprint density at radius 2 is 2.17 bits per heavy atom. The number of nitrogens with one attached hydrogen (secondary N) is 1. The van der Waals surface area contributed by atoms with Crippen molar-refractivity contribution < 1.29 is 14.3 Å². The highest BCUT2D eigenvalue weighted by Gasteiger charge is 2.14. The molecule has 0 saturated carbocycles. The zero-order valence-corrected chi connectivity index (χ0v) is 7.50. The summed E-state index contributed by atoms with van der Waals surface area (Å²) in [6.45, 7) is 6.00. The largest absolute Gasteiger partial charge is 0.468 e. The second-order valence-electron chi connectivity index (χ2n) is 1.77. The average molecular weight is 173 g/mol. The van der Waals surface area contributed by atoms with Gasteiger partial charge in [0.2, 0.25) is 0 Å². The topological polar surface area (TPSA) is 55.4 Å². The van der Waals surface area contributed by atoms with Crippen molar-refractivity contribution in [2.45, 2.75) is 12.5 Å². The van der Waals surface area contributed by atoms with Crippen molar-refractivity contribution in [3.8, 4) is 0 Å². The first-order chi connectivity index (χ1) is 5.76. The van der Waals surface area contributed by atoms with E-state index in [4.69, 9.17) is 0 Å². The number of ether oxygens (including phenoxy) is 1. The van der Waals surface area contributed by atoms with Crippen LogP contribution in [0.1, 0.15) is 6.42 Å². The standard InChI is InChI=1S/C6H11NO3.C2H4/c1-7-5(3-4-8)6(9)10-2;1-2/h4-5,7H,3H2,1-2H3;1-2H2/t5-;/m0./s1. The molecule has 12 heavy (non-hydrogen) atoms. The van der Waals surface area contributed by atoms with Crippen LogP contribution in [0.5, 0.6) is 0 Å². The van der Waals surface area contributed by atoms with Crippen LogP contribution in [0.15, 0.2) is 13.2 Å². The van der Waals surface area contributed by atoms with Crippen molar-refractivity contribution in [1.82, 2.24) is 5.32 Å². The summed E-state index contributed by atoms with van der Waals surface area (Å²) in [5, 5.41) is 2.65. The molecule has 0 aliphatic carbocycles. The number of carbonyl (C=O) groups excluding carboxylic acids is 2. The van der Waals surface area contributed by atoms with Gasteiger partial charge in [-0.1, -0.05) is 0 Å². The van der Waals surface area contributed by atoms with Gasteiger partial charge in [-0.25, -0.2) is 0 Å². The molecular formula is C8H15NO3. The number of likely N-dealkylation sites (N-methyl/N-ethyl adjacent to an activating group) is 1. The van der Waals surface area contributed by atoms with Gasteiger partial charge >= 0.3 is 5.97 Å². The molecule has 0 aliphatic heterocycles. The van der Waals surface area contributed by atoms with Crippen molar-refractivity contribution in [1.29, 1.82) is 0 Å². The fourth-order valence-corrected chi connectivity index (χ4v) is 0.570. The predicted molar refractivity (Wildman–Crippen MR) is 46.8 cm³/mol. The van der Waals surface area contributed by atoms with Crippen molar-refractivity contribution >= 4 is 12.3 Å². The summed E-state index contributed by atoms with van der Waals surface area (Å²) in [4.78, 5) is 20.6. The maximum Gasteiger partial charge on any atom is 0.323 e. The third-order valence-corrected chi connectivity index (χ3v) is 1.17. The predicted octanol–water partition coefficient (Wildman–Crippen LogP) is 0.139. The van der Waals surface area contributed by atoms with Crippen LogP contribution in [0.2, 0.25) is 0 Å². The van der Waals surface area contributed by atoms with Gasteiger partial charge in [-0.2, -0.15) is 0 Å². The molecule has 4 heteroatoms. The maximum absolute atomic E-state index is 10.7. The van der Waals surface area contributed by atoms with Crippen LogP contribution in [0.25, 0.3) is 0 Å². The van der Waals surface area contributed by atoms with Crippen LogP contribution >= 0.6 is 0 Å². The summed E-state index contributed by atoms with van der Waals surface area (Å²) in [6.07, 6.45) is 0.835. The quantitative estimate of drug-likeness (QED) is 0.373. The lowest BCUT2D eigenvalue weighted by Crippen LogP contribution is -2.35. The van der Waals surface area contributed by atoms with Crippen molar-refractivity contribution in [2.24, 2.45) is 0 Å². The molecule has 0 radical (unpaired) electrons. The van der Waals surface area contributed by atoms with Gasteiger partial charge in [0.15, 0.2) is 0 Å². The Kier molecular flexibility index (Phi) is 11.0. The first-order valence-electron chi connectivity index (χ1n) is 3.45. The van der Waals surface area contributed by atoms with E-state index in [1.807, 2.05) is 0 Å². The molecule has 1 atom stereocenters. The number of esters is 1. The summed E-state index contributed by atoms with van der Waals surface area (Å²) < 4.78 is 4.40. The van der Waals surface area contributed by atoms with Gasteiger partial charge in [0, 0.05) is 6.42 Å². The maximum atomic E-state index is 10.7. The molecule has 0 heterocycles. The monoisotopic (exact) mass is 173 g/mol. The molecular weight excluding hydrogens is 158 g/mol. The zero-order valence-electron chi connectivity index (χ0n) is 7.50. The Morgan fingerprint density at radius 3 is 2.42 bits per heavy atom. The SMILES string of the molecule is C=C.CN[C@@H](CC=O)C(=O)OC. The molecule has 4 nitrogen and oxygen atoms in total. The Balaban J connectivity index is 0. The van der Waals surface area contributed by atoms with Gasteiger partial charge in [0.05, 0.1) is 7.11 Å². The lowest BCUT2D eigenvalue weighted by molar-refractivity contribution is -0.143. The third-order valence-electron chi connectivity index (χ3n) is 1.17. The zero-order chi connectivity index (χ0) is 9.98. The summed E-state index contributed by atoms with van der Waals surface area (Å²) in [6, 6.07) is -0.498. The smallest absolute Gasteiger partial charge is 0.323 e. The molecule has 0 aromatic rings. The molecule has 0 amide bonds. The van der Waals surface area contributed by atoms with E-state index in [-0.39, 0.29) is 6.42 Å². The normalized spacial score (nSPS) is 10.5. The number of methoxy groups -OCH3 is 1. The number of rotatable bonds is 4. The van der Waals surface area contributed by atoms with Gasteiger partial charge in [0.1, 0.15) is 12.3 Å². The highest BCUT2D eigenvalue weighted by molar-refractivity contribution is 5.78. The van der Waals surface area contributed by atoms with Gasteiger partial charge < -0.3 is 14.8 Å². The minimum Gasteiger partial charge on any atom is -0.468 e. The number of aldehydes is 1. The van der Waals surface area contributed by atoms with Crippen LogP contribution in [0, 0.1) is 0 Å². The van der Waals surface area contributed by atoms with Gasteiger partial charge in [-0.3, -0.25) is 4.79 Å². The molecule has 0 rings (SSSR count). The molecule has 1 N–H and O–H groups in total. The second-order valence-corrected chi connectivity index (χ2v) is 1.77. The van der Waals surface area contributed by atoms with Gasteiger partial charge in [0.25, 0.3) is 0 Å².